The molecule has 1 aliphatic carbocycles. The van der Waals surface area contributed by atoms with Crippen LogP contribution in [0.25, 0.3) is 10.4 Å². The van der Waals surface area contributed by atoms with E-state index in [1.54, 1.807) is 6.07 Å². The Morgan fingerprint density at radius 3 is 2.45 bits per heavy atom. The Hall–Kier alpha value is -3.52. The highest BCUT2D eigenvalue weighted by Gasteiger charge is 2.23. The van der Waals surface area contributed by atoms with E-state index in [2.05, 4.69) is 15.4 Å². The van der Waals surface area contributed by atoms with Gasteiger partial charge in [0.25, 0.3) is 5.69 Å². The number of urea groups is 1. The molecule has 3 aromatic rings. The zero-order chi connectivity index (χ0) is 27.1. The SMILES string of the molecule is O=C(NCCNS(=O)(=O)c1ccc(-c2ccccc2OC2CCC(O)CC2)s1)Nc1ccc([N+](=O)[O-])cc1. The number of nitro groups is 1. The van der Waals surface area contributed by atoms with Gasteiger partial charge in [0.2, 0.25) is 10.0 Å². The molecule has 13 heteroatoms. The van der Waals surface area contributed by atoms with Crippen LogP contribution in [0.1, 0.15) is 25.7 Å². The third kappa shape index (κ3) is 7.28. The van der Waals surface area contributed by atoms with E-state index in [9.17, 15) is 28.4 Å². The van der Waals surface area contributed by atoms with E-state index in [4.69, 9.17) is 4.74 Å². The molecule has 0 spiro atoms. The number of aliphatic hydroxyl groups excluding tert-OH is 1. The van der Waals surface area contributed by atoms with Gasteiger partial charge in [0.05, 0.1) is 17.1 Å². The van der Waals surface area contributed by atoms with E-state index in [0.29, 0.717) is 24.3 Å². The van der Waals surface area contributed by atoms with Crippen LogP contribution in [0, 0.1) is 10.1 Å². The highest BCUT2D eigenvalue weighted by Crippen LogP contribution is 2.37. The van der Waals surface area contributed by atoms with Crippen molar-refractivity contribution < 1.29 is 28.0 Å². The zero-order valence-electron chi connectivity index (χ0n) is 20.3. The first-order chi connectivity index (χ1) is 18.2. The molecule has 202 valence electrons. The Morgan fingerprint density at radius 2 is 1.74 bits per heavy atom. The number of nitrogens with one attached hydrogen (secondary N) is 3. The van der Waals surface area contributed by atoms with Crippen LogP contribution < -0.4 is 20.1 Å². The smallest absolute Gasteiger partial charge is 0.319 e. The second-order valence-electron chi connectivity index (χ2n) is 8.75. The van der Waals surface area contributed by atoms with Gasteiger partial charge in [-0.2, -0.15) is 0 Å². The van der Waals surface area contributed by atoms with Crippen LogP contribution in [0.2, 0.25) is 0 Å². The Morgan fingerprint density at radius 1 is 1.03 bits per heavy atom. The fourth-order valence-electron chi connectivity index (χ4n) is 4.00. The minimum atomic E-state index is -3.80. The van der Waals surface area contributed by atoms with Crippen LogP contribution in [-0.4, -0.2) is 49.8 Å². The molecule has 0 aliphatic heterocycles. The predicted octanol–water partition coefficient (Wildman–Crippen LogP) is 4.11. The molecular weight excluding hydrogens is 532 g/mol. The third-order valence-corrected chi connectivity index (χ3v) is 9.05. The Labute approximate surface area is 224 Å². The normalized spacial score (nSPS) is 17.5. The third-order valence-electron chi connectivity index (χ3n) is 5.97. The molecule has 4 rings (SSSR count). The highest BCUT2D eigenvalue weighted by atomic mass is 32.2. The van der Waals surface area contributed by atoms with Gasteiger partial charge in [-0.1, -0.05) is 12.1 Å². The average molecular weight is 561 g/mol. The largest absolute Gasteiger partial charge is 0.490 e. The van der Waals surface area contributed by atoms with Crippen LogP contribution in [0.5, 0.6) is 5.75 Å². The van der Waals surface area contributed by atoms with Crippen LogP contribution >= 0.6 is 11.3 Å². The van der Waals surface area contributed by atoms with Crippen molar-refractivity contribution in [2.75, 3.05) is 18.4 Å². The topological polar surface area (TPSA) is 160 Å². The summed E-state index contributed by atoms with van der Waals surface area (Å²) in [4.78, 5) is 22.9. The standard InChI is InChI=1S/C25H28N4O7S2/c30-19-9-11-20(12-10-19)36-22-4-2-1-3-21(22)23-13-14-24(37-23)38(34,35)27-16-15-26-25(31)28-17-5-7-18(8-6-17)29(32)33/h1-8,13-14,19-20,27,30H,9-12,15-16H2,(H2,26,28,31). The van der Waals surface area contributed by atoms with E-state index in [0.717, 1.165) is 34.6 Å². The molecule has 0 saturated heterocycles. The molecule has 1 saturated carbocycles. The van der Waals surface area contributed by atoms with E-state index in [1.165, 1.54) is 30.3 Å². The number of nitrogens with zero attached hydrogens (tertiary/aromatic N) is 1. The first-order valence-electron chi connectivity index (χ1n) is 12.0. The monoisotopic (exact) mass is 560 g/mol. The number of carbonyl (C=O) groups excluding carboxylic acids is 1. The number of aliphatic hydroxyl groups is 1. The summed E-state index contributed by atoms with van der Waals surface area (Å²) in [5, 5.41) is 25.5. The molecule has 4 N–H and O–H groups in total. The molecule has 0 bridgehead atoms. The minimum Gasteiger partial charge on any atom is -0.490 e. The first kappa shape index (κ1) is 27.5. The Kier molecular flexibility index (Phi) is 8.94. The van der Waals surface area contributed by atoms with Gasteiger partial charge in [0.15, 0.2) is 0 Å². The number of carbonyl (C=O) groups is 1. The number of hydrogen-bond donors (Lipinski definition) is 4. The number of rotatable bonds is 10. The van der Waals surface area contributed by atoms with Crippen molar-refractivity contribution in [2.45, 2.75) is 42.1 Å². The van der Waals surface area contributed by atoms with Crippen LogP contribution in [-0.2, 0) is 10.0 Å². The maximum atomic E-state index is 12.8. The molecule has 1 heterocycles. The van der Waals surface area contributed by atoms with Gasteiger partial charge in [-0.3, -0.25) is 10.1 Å². The van der Waals surface area contributed by atoms with Crippen LogP contribution in [0.15, 0.2) is 64.9 Å². The fourth-order valence-corrected chi connectivity index (χ4v) is 6.41. The number of anilines is 1. The second-order valence-corrected chi connectivity index (χ2v) is 11.8. The number of nitro benzene ring substituents is 1. The number of thiophene rings is 1. The van der Waals surface area contributed by atoms with E-state index >= 15 is 0 Å². The lowest BCUT2D eigenvalue weighted by molar-refractivity contribution is -0.384. The van der Waals surface area contributed by atoms with Crippen molar-refractivity contribution in [3.8, 4) is 16.2 Å². The lowest BCUT2D eigenvalue weighted by atomic mass is 9.95. The summed E-state index contributed by atoms with van der Waals surface area (Å²) in [5.41, 5.74) is 1.07. The number of benzene rings is 2. The van der Waals surface area contributed by atoms with Crippen molar-refractivity contribution in [3.05, 3.63) is 70.8 Å². The summed E-state index contributed by atoms with van der Waals surface area (Å²) in [5.74, 6) is 0.677. The lowest BCUT2D eigenvalue weighted by Gasteiger charge is -2.27. The Bertz CT molecular complexity index is 1370. The number of non-ortho nitro benzene ring substituents is 1. The number of hydrogen-bond acceptors (Lipinski definition) is 8. The quantitative estimate of drug-likeness (QED) is 0.165. The molecule has 0 atom stereocenters. The summed E-state index contributed by atoms with van der Waals surface area (Å²) in [6, 6.07) is 15.5. The maximum Gasteiger partial charge on any atom is 0.319 e. The van der Waals surface area contributed by atoms with Crippen molar-refractivity contribution >= 4 is 38.8 Å². The molecule has 11 nitrogen and oxygen atoms in total. The van der Waals surface area contributed by atoms with Gasteiger partial charge in [-0.05, 0) is 62.1 Å². The van der Waals surface area contributed by atoms with Crippen LogP contribution in [0.4, 0.5) is 16.2 Å². The van der Waals surface area contributed by atoms with Gasteiger partial charge in [-0.25, -0.2) is 17.9 Å². The molecule has 2 amide bonds. The zero-order valence-corrected chi connectivity index (χ0v) is 22.0. The molecular formula is C25H28N4O7S2. The Balaban J connectivity index is 1.29. The molecule has 2 aromatic carbocycles. The van der Waals surface area contributed by atoms with Gasteiger partial charge < -0.3 is 20.5 Å². The van der Waals surface area contributed by atoms with Gasteiger partial charge >= 0.3 is 6.03 Å². The summed E-state index contributed by atoms with van der Waals surface area (Å²) < 4.78 is 34.4. The molecule has 1 aliphatic rings. The summed E-state index contributed by atoms with van der Waals surface area (Å²) in [6.07, 6.45) is 2.67. The van der Waals surface area contributed by atoms with Crippen molar-refractivity contribution in [1.29, 1.82) is 0 Å². The van der Waals surface area contributed by atoms with Crippen molar-refractivity contribution in [3.63, 3.8) is 0 Å². The summed E-state index contributed by atoms with van der Waals surface area (Å²) in [7, 11) is -3.80. The van der Waals surface area contributed by atoms with Gasteiger partial charge in [0, 0.05) is 41.4 Å². The second kappa shape index (κ2) is 12.3. The van der Waals surface area contributed by atoms with E-state index < -0.39 is 21.0 Å². The molecule has 38 heavy (non-hydrogen) atoms. The lowest BCUT2D eigenvalue weighted by Crippen LogP contribution is -2.36. The summed E-state index contributed by atoms with van der Waals surface area (Å²) >= 11 is 1.12. The molecule has 1 aromatic heterocycles. The fraction of sp³-hybridized carbons (Fsp3) is 0.320. The first-order valence-corrected chi connectivity index (χ1v) is 14.3. The van der Waals surface area contributed by atoms with Crippen LogP contribution in [0.3, 0.4) is 0 Å². The minimum absolute atomic E-state index is 0.00879. The number of sulfonamides is 1. The number of amides is 2. The highest BCUT2D eigenvalue weighted by molar-refractivity contribution is 7.91. The maximum absolute atomic E-state index is 12.8. The van der Waals surface area contributed by atoms with Crippen molar-refractivity contribution in [2.24, 2.45) is 0 Å². The van der Waals surface area contributed by atoms with E-state index in [-0.39, 0.29) is 35.2 Å². The average Bonchev–Trinajstić information content (AvgIpc) is 3.40. The molecule has 0 radical (unpaired) electrons. The van der Waals surface area contributed by atoms with E-state index in [1.807, 2.05) is 24.3 Å². The number of ether oxygens (including phenoxy) is 1. The van der Waals surface area contributed by atoms with Crippen molar-refractivity contribution in [1.82, 2.24) is 10.0 Å². The summed E-state index contributed by atoms with van der Waals surface area (Å²) in [6.45, 7) is -0.000483. The molecule has 1 fully saturated rings. The predicted molar refractivity (Wildman–Crippen MR) is 144 cm³/mol. The van der Waals surface area contributed by atoms with Gasteiger partial charge in [-0.15, -0.1) is 11.3 Å². The molecule has 0 unspecified atom stereocenters. The van der Waals surface area contributed by atoms with Gasteiger partial charge in [0.1, 0.15) is 9.96 Å². The number of para-hydroxylation sites is 1.